The number of piperidine rings is 1. The third-order valence-corrected chi connectivity index (χ3v) is 6.70. The molecule has 0 bridgehead atoms. The van der Waals surface area contributed by atoms with Crippen molar-refractivity contribution in [3.05, 3.63) is 48.0 Å². The summed E-state index contributed by atoms with van der Waals surface area (Å²) < 4.78 is 73.9. The summed E-state index contributed by atoms with van der Waals surface area (Å²) >= 11 is 0. The number of hydrogen-bond donors (Lipinski definition) is 1. The average molecular weight is 472 g/mol. The average Bonchev–Trinajstić information content (AvgIpc) is 2.75. The second-order valence-electron chi connectivity index (χ2n) is 7.09. The molecule has 1 aliphatic heterocycles. The highest BCUT2D eigenvalue weighted by molar-refractivity contribution is 7.89. The van der Waals surface area contributed by atoms with Crippen LogP contribution in [0.15, 0.2) is 47.4 Å². The number of benzene rings is 2. The van der Waals surface area contributed by atoms with Gasteiger partial charge < -0.3 is 14.8 Å². The number of nitrogens with one attached hydrogen (secondary N) is 1. The molecule has 0 unspecified atom stereocenters. The maximum absolute atomic E-state index is 13.2. The van der Waals surface area contributed by atoms with Crippen LogP contribution in [0.25, 0.3) is 0 Å². The van der Waals surface area contributed by atoms with Crippen LogP contribution in [0, 0.1) is 0 Å². The number of alkyl halides is 3. The molecule has 0 aromatic heterocycles. The molecule has 32 heavy (non-hydrogen) atoms. The van der Waals surface area contributed by atoms with Gasteiger partial charge in [0.05, 0.1) is 6.61 Å². The molecule has 0 radical (unpaired) electrons. The van der Waals surface area contributed by atoms with Gasteiger partial charge in [0.15, 0.2) is 0 Å². The zero-order valence-electron chi connectivity index (χ0n) is 17.3. The van der Waals surface area contributed by atoms with E-state index in [2.05, 4.69) is 10.1 Å². The number of halogens is 3. The molecule has 7 nitrogen and oxygen atoms in total. The Bertz CT molecular complexity index is 1050. The Labute approximate surface area is 184 Å². The highest BCUT2D eigenvalue weighted by atomic mass is 32.2. The van der Waals surface area contributed by atoms with Gasteiger partial charge in [-0.1, -0.05) is 6.42 Å². The molecule has 0 saturated carbocycles. The summed E-state index contributed by atoms with van der Waals surface area (Å²) in [6.07, 6.45) is -2.32. The lowest BCUT2D eigenvalue weighted by molar-refractivity contribution is -0.274. The van der Waals surface area contributed by atoms with Crippen LogP contribution in [0.1, 0.15) is 36.5 Å². The van der Waals surface area contributed by atoms with Crippen LogP contribution in [0.2, 0.25) is 0 Å². The number of hydrogen-bond acceptors (Lipinski definition) is 5. The molecule has 1 heterocycles. The predicted octanol–water partition coefficient (Wildman–Crippen LogP) is 4.41. The molecule has 1 amide bonds. The van der Waals surface area contributed by atoms with E-state index in [4.69, 9.17) is 4.74 Å². The summed E-state index contributed by atoms with van der Waals surface area (Å²) in [5.74, 6) is -0.885. The summed E-state index contributed by atoms with van der Waals surface area (Å²) in [5, 5.41) is 2.57. The molecule has 1 saturated heterocycles. The number of nitrogens with zero attached hydrogens (tertiary/aromatic N) is 1. The Hall–Kier alpha value is -2.79. The van der Waals surface area contributed by atoms with Crippen molar-refractivity contribution in [2.24, 2.45) is 0 Å². The summed E-state index contributed by atoms with van der Waals surface area (Å²) in [6.45, 7) is 2.83. The minimum Gasteiger partial charge on any atom is -0.492 e. The molecule has 2 aromatic rings. The van der Waals surface area contributed by atoms with Gasteiger partial charge in [0, 0.05) is 24.3 Å². The number of carbonyl (C=O) groups is 1. The number of carbonyl (C=O) groups excluding carboxylic acids is 1. The number of amides is 1. The van der Waals surface area contributed by atoms with E-state index in [9.17, 15) is 26.4 Å². The molecule has 1 fully saturated rings. The molecule has 0 aliphatic carbocycles. The molecule has 174 valence electrons. The van der Waals surface area contributed by atoms with Crippen LogP contribution < -0.4 is 14.8 Å². The molecule has 0 spiro atoms. The maximum Gasteiger partial charge on any atom is 0.573 e. The highest BCUT2D eigenvalue weighted by Gasteiger charge is 2.31. The number of ether oxygens (including phenoxy) is 2. The molecule has 11 heteroatoms. The van der Waals surface area contributed by atoms with E-state index in [1.54, 1.807) is 6.92 Å². The lowest BCUT2D eigenvalue weighted by Gasteiger charge is -2.27. The molecule has 0 atom stereocenters. The van der Waals surface area contributed by atoms with Crippen molar-refractivity contribution < 1.29 is 35.9 Å². The van der Waals surface area contributed by atoms with Gasteiger partial charge in [-0.25, -0.2) is 8.42 Å². The van der Waals surface area contributed by atoms with Crippen molar-refractivity contribution in [1.82, 2.24) is 4.31 Å². The molecule has 3 rings (SSSR count). The van der Waals surface area contributed by atoms with Gasteiger partial charge >= 0.3 is 6.36 Å². The van der Waals surface area contributed by atoms with E-state index < -0.39 is 28.0 Å². The Morgan fingerprint density at radius 1 is 1.06 bits per heavy atom. The lowest BCUT2D eigenvalue weighted by Crippen LogP contribution is -2.35. The van der Waals surface area contributed by atoms with Crippen molar-refractivity contribution in [1.29, 1.82) is 0 Å². The first-order valence-electron chi connectivity index (χ1n) is 10.0. The van der Waals surface area contributed by atoms with Crippen LogP contribution in [0.3, 0.4) is 0 Å². The van der Waals surface area contributed by atoms with Crippen LogP contribution >= 0.6 is 0 Å². The van der Waals surface area contributed by atoms with E-state index in [0.717, 1.165) is 31.4 Å². The summed E-state index contributed by atoms with van der Waals surface area (Å²) in [7, 11) is -3.83. The van der Waals surface area contributed by atoms with E-state index in [1.165, 1.54) is 34.6 Å². The van der Waals surface area contributed by atoms with Gasteiger partial charge in [-0.05, 0) is 62.2 Å². The summed E-state index contributed by atoms with van der Waals surface area (Å²) in [6, 6.07) is 8.69. The predicted molar refractivity (Wildman–Crippen MR) is 111 cm³/mol. The number of sulfonamides is 1. The Morgan fingerprint density at radius 2 is 1.72 bits per heavy atom. The van der Waals surface area contributed by atoms with E-state index in [-0.39, 0.29) is 28.5 Å². The van der Waals surface area contributed by atoms with E-state index >= 15 is 0 Å². The minimum atomic E-state index is -4.83. The normalized spacial score (nSPS) is 15.2. The Kier molecular flexibility index (Phi) is 7.29. The SMILES string of the molecule is CCOc1ccc(NC(=O)c2ccc(OC(F)(F)F)cc2)cc1S(=O)(=O)N1CCCCC1. The highest BCUT2D eigenvalue weighted by Crippen LogP contribution is 2.32. The quantitative estimate of drug-likeness (QED) is 0.645. The van der Waals surface area contributed by atoms with Crippen LogP contribution in [0.4, 0.5) is 18.9 Å². The topological polar surface area (TPSA) is 84.9 Å². The Balaban J connectivity index is 1.82. The monoisotopic (exact) mass is 472 g/mol. The fourth-order valence-electron chi connectivity index (χ4n) is 3.32. The van der Waals surface area contributed by atoms with Crippen molar-refractivity contribution in [2.45, 2.75) is 37.4 Å². The summed E-state index contributed by atoms with van der Waals surface area (Å²) in [5.41, 5.74) is 0.290. The van der Waals surface area contributed by atoms with Crippen LogP contribution in [-0.2, 0) is 10.0 Å². The Morgan fingerprint density at radius 3 is 2.31 bits per heavy atom. The molecule has 2 aromatic carbocycles. The van der Waals surface area contributed by atoms with Gasteiger partial charge in [0.25, 0.3) is 5.91 Å². The maximum atomic E-state index is 13.2. The van der Waals surface area contributed by atoms with Gasteiger partial charge in [0.1, 0.15) is 16.4 Å². The fraction of sp³-hybridized carbons (Fsp3) is 0.381. The smallest absolute Gasteiger partial charge is 0.492 e. The molecular formula is C21H23F3N2O5S. The van der Waals surface area contributed by atoms with Gasteiger partial charge in [-0.3, -0.25) is 4.79 Å². The first-order valence-corrected chi connectivity index (χ1v) is 11.5. The zero-order valence-corrected chi connectivity index (χ0v) is 18.1. The van der Waals surface area contributed by atoms with Crippen molar-refractivity contribution in [2.75, 3.05) is 25.0 Å². The number of anilines is 1. The van der Waals surface area contributed by atoms with Gasteiger partial charge in [-0.15, -0.1) is 13.2 Å². The first-order chi connectivity index (χ1) is 15.1. The fourth-order valence-corrected chi connectivity index (χ4v) is 4.99. The van der Waals surface area contributed by atoms with Crippen molar-refractivity contribution in [3.63, 3.8) is 0 Å². The van der Waals surface area contributed by atoms with E-state index in [1.807, 2.05) is 0 Å². The second-order valence-corrected chi connectivity index (χ2v) is 8.99. The molecular weight excluding hydrogens is 449 g/mol. The molecule has 1 N–H and O–H groups in total. The lowest BCUT2D eigenvalue weighted by atomic mass is 10.2. The third-order valence-electron chi connectivity index (χ3n) is 4.78. The largest absolute Gasteiger partial charge is 0.573 e. The second kappa shape index (κ2) is 9.78. The van der Waals surface area contributed by atoms with Gasteiger partial charge in [0.2, 0.25) is 10.0 Å². The van der Waals surface area contributed by atoms with Crippen LogP contribution in [-0.4, -0.2) is 44.7 Å². The first kappa shape index (κ1) is 23.9. The van der Waals surface area contributed by atoms with Crippen LogP contribution in [0.5, 0.6) is 11.5 Å². The van der Waals surface area contributed by atoms with E-state index in [0.29, 0.717) is 13.1 Å². The number of rotatable bonds is 7. The molecule has 1 aliphatic rings. The standard InChI is InChI=1S/C21H23F3N2O5S/c1-2-30-18-11-8-16(14-19(18)32(28,29)26-12-4-3-5-13-26)25-20(27)15-6-9-17(10-7-15)31-21(22,23)24/h6-11,14H,2-5,12-13H2,1H3,(H,25,27). The minimum absolute atomic E-state index is 0.0482. The summed E-state index contributed by atoms with van der Waals surface area (Å²) in [4.78, 5) is 12.5. The van der Waals surface area contributed by atoms with Crippen molar-refractivity contribution in [3.8, 4) is 11.5 Å². The van der Waals surface area contributed by atoms with Crippen molar-refractivity contribution >= 4 is 21.6 Å². The third kappa shape index (κ3) is 5.92. The van der Waals surface area contributed by atoms with Gasteiger partial charge in [-0.2, -0.15) is 4.31 Å². The zero-order chi connectivity index (χ0) is 23.4.